The zero-order chi connectivity index (χ0) is 14.0. The first-order chi connectivity index (χ1) is 9.08. The van der Waals surface area contributed by atoms with E-state index < -0.39 is 0 Å². The van der Waals surface area contributed by atoms with Crippen LogP contribution in [0.3, 0.4) is 0 Å². The Labute approximate surface area is 125 Å². The van der Waals surface area contributed by atoms with Crippen LogP contribution in [0.1, 0.15) is 30.5 Å². The molecule has 0 heterocycles. The SMILES string of the molecule is CCSc1cc(SCC)c2c(C)cc(C)cc(C)c1-2. The highest BCUT2D eigenvalue weighted by Crippen LogP contribution is 2.46. The maximum absolute atomic E-state index is 2.39. The second-order valence-electron chi connectivity index (χ2n) is 4.89. The van der Waals surface area contributed by atoms with Gasteiger partial charge in [-0.15, -0.1) is 23.5 Å². The highest BCUT2D eigenvalue weighted by molar-refractivity contribution is 8.00. The highest BCUT2D eigenvalue weighted by Gasteiger charge is 2.19. The molecule has 0 N–H and O–H groups in total. The summed E-state index contributed by atoms with van der Waals surface area (Å²) in [6.45, 7) is 11.1. The highest BCUT2D eigenvalue weighted by atomic mass is 32.2. The summed E-state index contributed by atoms with van der Waals surface area (Å²) in [4.78, 5) is 2.90. The van der Waals surface area contributed by atoms with Crippen LogP contribution < -0.4 is 0 Å². The van der Waals surface area contributed by atoms with Gasteiger partial charge in [0.25, 0.3) is 0 Å². The standard InChI is InChI=1S/C17H22S2/c1-6-18-14-10-15(19-7-2)17-13(5)9-11(3)8-12(4)16(14)17/h8-10H,6-7H2,1-5H3. The van der Waals surface area contributed by atoms with Crippen molar-refractivity contribution < 1.29 is 0 Å². The molecule has 0 fully saturated rings. The molecule has 0 aliphatic heterocycles. The van der Waals surface area contributed by atoms with Gasteiger partial charge >= 0.3 is 0 Å². The van der Waals surface area contributed by atoms with Gasteiger partial charge in [-0.2, -0.15) is 0 Å². The molecule has 2 rings (SSSR count). The quantitative estimate of drug-likeness (QED) is 0.639. The van der Waals surface area contributed by atoms with E-state index in [4.69, 9.17) is 0 Å². The Morgan fingerprint density at radius 2 is 1.16 bits per heavy atom. The van der Waals surface area contributed by atoms with Crippen molar-refractivity contribution in [1.82, 2.24) is 0 Å². The molecule has 2 heteroatoms. The van der Waals surface area contributed by atoms with Crippen molar-refractivity contribution >= 4 is 23.5 Å². The molecule has 0 amide bonds. The molecule has 0 unspecified atom stereocenters. The largest absolute Gasteiger partial charge is 0.126 e. The van der Waals surface area contributed by atoms with Crippen LogP contribution in [0.5, 0.6) is 0 Å². The monoisotopic (exact) mass is 290 g/mol. The topological polar surface area (TPSA) is 0 Å². The fourth-order valence-corrected chi connectivity index (χ4v) is 4.61. The summed E-state index contributed by atoms with van der Waals surface area (Å²) in [6.07, 6.45) is 0. The molecule has 2 aliphatic carbocycles. The average Bonchev–Trinajstić information content (AvgIpc) is 2.62. The Kier molecular flexibility index (Phi) is 4.86. The van der Waals surface area contributed by atoms with Crippen molar-refractivity contribution in [2.75, 3.05) is 11.5 Å². The van der Waals surface area contributed by atoms with Gasteiger partial charge in [-0.05, 0) is 60.6 Å². The van der Waals surface area contributed by atoms with Gasteiger partial charge in [0.1, 0.15) is 0 Å². The van der Waals surface area contributed by atoms with Gasteiger partial charge in [-0.3, -0.25) is 0 Å². The molecule has 0 atom stereocenters. The number of rotatable bonds is 4. The molecule has 102 valence electrons. The van der Waals surface area contributed by atoms with Crippen molar-refractivity contribution in [2.45, 2.75) is 44.4 Å². The molecule has 0 bridgehead atoms. The molecule has 0 nitrogen and oxygen atoms in total. The molecule has 0 aromatic rings. The van der Waals surface area contributed by atoms with E-state index in [2.05, 4.69) is 52.8 Å². The van der Waals surface area contributed by atoms with Gasteiger partial charge in [0.2, 0.25) is 0 Å². The van der Waals surface area contributed by atoms with Crippen LogP contribution >= 0.6 is 23.5 Å². The lowest BCUT2D eigenvalue weighted by atomic mass is 10.1. The maximum atomic E-state index is 2.39. The first kappa shape index (κ1) is 14.8. The number of thioether (sulfide) groups is 2. The Morgan fingerprint density at radius 1 is 0.737 bits per heavy atom. The number of hydrogen-bond acceptors (Lipinski definition) is 2. The fourth-order valence-electron chi connectivity index (χ4n) is 2.70. The summed E-state index contributed by atoms with van der Waals surface area (Å²) >= 11 is 3.92. The minimum atomic E-state index is 1.13. The van der Waals surface area contributed by atoms with Crippen molar-refractivity contribution in [3.05, 3.63) is 34.9 Å². The van der Waals surface area contributed by atoms with Crippen molar-refractivity contribution in [2.24, 2.45) is 0 Å². The van der Waals surface area contributed by atoms with Crippen LogP contribution in [0.2, 0.25) is 0 Å². The van der Waals surface area contributed by atoms with Crippen LogP contribution in [0.25, 0.3) is 11.1 Å². The normalized spacial score (nSPS) is 11.2. The number of hydrogen-bond donors (Lipinski definition) is 0. The lowest BCUT2D eigenvalue weighted by molar-refractivity contribution is 1.39. The first-order valence-corrected chi connectivity index (χ1v) is 8.85. The fraction of sp³-hybridized carbons (Fsp3) is 0.412. The molecule has 0 aromatic carbocycles. The summed E-state index contributed by atoms with van der Waals surface area (Å²) < 4.78 is 0. The van der Waals surface area contributed by atoms with E-state index in [9.17, 15) is 0 Å². The minimum Gasteiger partial charge on any atom is -0.126 e. The first-order valence-electron chi connectivity index (χ1n) is 6.88. The Hall–Kier alpha value is -0.600. The predicted octanol–water partition coefficient (Wildman–Crippen LogP) is 5.94. The molecule has 0 saturated carbocycles. The average molecular weight is 290 g/mol. The van der Waals surface area contributed by atoms with Crippen molar-refractivity contribution in [3.63, 3.8) is 0 Å². The minimum absolute atomic E-state index is 1.13. The van der Waals surface area contributed by atoms with E-state index in [1.807, 2.05) is 23.5 Å². The second kappa shape index (κ2) is 6.23. The Morgan fingerprint density at radius 3 is 1.53 bits per heavy atom. The summed E-state index contributed by atoms with van der Waals surface area (Å²) in [5.41, 5.74) is 7.09. The summed E-state index contributed by atoms with van der Waals surface area (Å²) in [5, 5.41) is 0. The van der Waals surface area contributed by atoms with Crippen LogP contribution in [0.4, 0.5) is 0 Å². The zero-order valence-corrected chi connectivity index (χ0v) is 14.1. The summed E-state index contributed by atoms with van der Waals surface area (Å²) in [5.74, 6) is 2.26. The molecule has 0 spiro atoms. The van der Waals surface area contributed by atoms with Crippen LogP contribution in [0.15, 0.2) is 28.0 Å². The summed E-state index contributed by atoms with van der Waals surface area (Å²) in [7, 11) is 0. The molecule has 0 aromatic heterocycles. The van der Waals surface area contributed by atoms with E-state index in [-0.39, 0.29) is 0 Å². The molecule has 0 radical (unpaired) electrons. The lowest BCUT2D eigenvalue weighted by Crippen LogP contribution is -1.82. The van der Waals surface area contributed by atoms with E-state index in [1.54, 1.807) is 0 Å². The van der Waals surface area contributed by atoms with Crippen LogP contribution in [0, 0.1) is 20.8 Å². The number of aryl methyl sites for hydroxylation is 3. The van der Waals surface area contributed by atoms with Gasteiger partial charge < -0.3 is 0 Å². The molecule has 19 heavy (non-hydrogen) atoms. The second-order valence-corrected chi connectivity index (χ2v) is 7.50. The third-order valence-corrected chi connectivity index (χ3v) is 5.13. The van der Waals surface area contributed by atoms with Gasteiger partial charge in [0.05, 0.1) is 0 Å². The predicted molar refractivity (Wildman–Crippen MR) is 90.1 cm³/mol. The molecular weight excluding hydrogens is 268 g/mol. The Bertz CT molecular complexity index is 511. The van der Waals surface area contributed by atoms with Gasteiger partial charge in [-0.1, -0.05) is 31.5 Å². The third kappa shape index (κ3) is 2.95. The Balaban J connectivity index is 2.74. The van der Waals surface area contributed by atoms with Crippen molar-refractivity contribution in [1.29, 1.82) is 0 Å². The number of fused-ring (bicyclic) bond motifs is 1. The maximum Gasteiger partial charge on any atom is 0.0165 e. The van der Waals surface area contributed by atoms with Gasteiger partial charge in [0.15, 0.2) is 0 Å². The smallest absolute Gasteiger partial charge is 0.0165 e. The van der Waals surface area contributed by atoms with Gasteiger partial charge in [-0.25, -0.2) is 0 Å². The zero-order valence-electron chi connectivity index (χ0n) is 12.5. The molecule has 0 saturated heterocycles. The van der Waals surface area contributed by atoms with Crippen LogP contribution in [-0.4, -0.2) is 11.5 Å². The lowest BCUT2D eigenvalue weighted by Gasteiger charge is -2.06. The summed E-state index contributed by atoms with van der Waals surface area (Å²) in [6, 6.07) is 7.02. The van der Waals surface area contributed by atoms with E-state index in [0.717, 1.165) is 11.5 Å². The van der Waals surface area contributed by atoms with Crippen molar-refractivity contribution in [3.8, 4) is 11.1 Å². The van der Waals surface area contributed by atoms with E-state index >= 15 is 0 Å². The molecule has 2 aliphatic rings. The third-order valence-electron chi connectivity index (χ3n) is 3.28. The van der Waals surface area contributed by atoms with E-state index in [0.29, 0.717) is 0 Å². The van der Waals surface area contributed by atoms with Crippen LogP contribution in [-0.2, 0) is 0 Å². The molecular formula is C17H22S2. The van der Waals surface area contributed by atoms with E-state index in [1.165, 1.54) is 37.6 Å². The van der Waals surface area contributed by atoms with Gasteiger partial charge in [0, 0.05) is 9.79 Å².